The molecule has 0 atom stereocenters. The SMILES string of the molecule is Cc1cc2n(n1)CCOC2(C)C. The Bertz CT molecular complexity index is 301. The lowest BCUT2D eigenvalue weighted by Crippen LogP contribution is -2.33. The summed E-state index contributed by atoms with van der Waals surface area (Å²) in [6.07, 6.45) is 0. The minimum atomic E-state index is -0.167. The van der Waals surface area contributed by atoms with Crippen LogP contribution in [0.15, 0.2) is 6.07 Å². The van der Waals surface area contributed by atoms with E-state index in [2.05, 4.69) is 25.0 Å². The Morgan fingerprint density at radius 2 is 2.33 bits per heavy atom. The van der Waals surface area contributed by atoms with Gasteiger partial charge in [-0.25, -0.2) is 0 Å². The van der Waals surface area contributed by atoms with Crippen molar-refractivity contribution in [2.75, 3.05) is 6.61 Å². The average molecular weight is 166 g/mol. The fraction of sp³-hybridized carbons (Fsp3) is 0.667. The molecule has 3 heteroatoms. The summed E-state index contributed by atoms with van der Waals surface area (Å²) in [7, 11) is 0. The maximum atomic E-state index is 5.64. The molecule has 3 nitrogen and oxygen atoms in total. The Kier molecular flexibility index (Phi) is 1.51. The van der Waals surface area contributed by atoms with Gasteiger partial charge in [0.15, 0.2) is 0 Å². The van der Waals surface area contributed by atoms with E-state index < -0.39 is 0 Å². The highest BCUT2D eigenvalue weighted by Crippen LogP contribution is 2.28. The van der Waals surface area contributed by atoms with Crippen molar-refractivity contribution in [2.45, 2.75) is 32.9 Å². The summed E-state index contributed by atoms with van der Waals surface area (Å²) >= 11 is 0. The van der Waals surface area contributed by atoms with Crippen LogP contribution in [0.2, 0.25) is 0 Å². The van der Waals surface area contributed by atoms with Gasteiger partial charge >= 0.3 is 0 Å². The van der Waals surface area contributed by atoms with E-state index in [0.717, 1.165) is 18.8 Å². The monoisotopic (exact) mass is 166 g/mol. The molecule has 0 bridgehead atoms. The maximum absolute atomic E-state index is 5.64. The zero-order valence-electron chi connectivity index (χ0n) is 7.79. The summed E-state index contributed by atoms with van der Waals surface area (Å²) in [5.41, 5.74) is 2.09. The van der Waals surface area contributed by atoms with Crippen molar-refractivity contribution in [3.63, 3.8) is 0 Å². The predicted molar refractivity (Wildman–Crippen MR) is 45.9 cm³/mol. The second-order valence-electron chi connectivity index (χ2n) is 3.75. The van der Waals surface area contributed by atoms with Gasteiger partial charge in [0.1, 0.15) is 5.60 Å². The van der Waals surface area contributed by atoms with E-state index in [-0.39, 0.29) is 5.60 Å². The van der Waals surface area contributed by atoms with E-state index in [1.54, 1.807) is 0 Å². The van der Waals surface area contributed by atoms with Gasteiger partial charge in [-0.05, 0) is 26.8 Å². The Labute approximate surface area is 72.3 Å². The molecule has 12 heavy (non-hydrogen) atoms. The quantitative estimate of drug-likeness (QED) is 0.583. The molecule has 0 aliphatic carbocycles. The molecule has 0 aromatic carbocycles. The van der Waals surface area contributed by atoms with Crippen LogP contribution in [-0.2, 0) is 16.9 Å². The number of aromatic nitrogens is 2. The molecule has 0 unspecified atom stereocenters. The lowest BCUT2D eigenvalue weighted by Gasteiger charge is -2.30. The third-order valence-corrected chi connectivity index (χ3v) is 2.28. The minimum Gasteiger partial charge on any atom is -0.367 e. The number of nitrogens with zero attached hydrogens (tertiary/aromatic N) is 2. The Hall–Kier alpha value is -0.830. The summed E-state index contributed by atoms with van der Waals surface area (Å²) in [5.74, 6) is 0. The summed E-state index contributed by atoms with van der Waals surface area (Å²) in [4.78, 5) is 0. The summed E-state index contributed by atoms with van der Waals surface area (Å²) in [6, 6.07) is 2.10. The van der Waals surface area contributed by atoms with Crippen LogP contribution in [0.3, 0.4) is 0 Å². The number of fused-ring (bicyclic) bond motifs is 1. The van der Waals surface area contributed by atoms with Gasteiger partial charge in [-0.3, -0.25) is 4.68 Å². The molecule has 0 radical (unpaired) electrons. The molecule has 0 N–H and O–H groups in total. The van der Waals surface area contributed by atoms with Crippen molar-refractivity contribution in [1.82, 2.24) is 9.78 Å². The van der Waals surface area contributed by atoms with Crippen molar-refractivity contribution >= 4 is 0 Å². The fourth-order valence-electron chi connectivity index (χ4n) is 1.66. The van der Waals surface area contributed by atoms with Crippen LogP contribution in [-0.4, -0.2) is 16.4 Å². The topological polar surface area (TPSA) is 27.1 Å². The molecular formula is C9H14N2O. The first kappa shape index (κ1) is 7.80. The zero-order chi connectivity index (χ0) is 8.77. The van der Waals surface area contributed by atoms with Crippen LogP contribution in [0.25, 0.3) is 0 Å². The first-order valence-electron chi connectivity index (χ1n) is 4.28. The normalized spacial score (nSPS) is 20.6. The van der Waals surface area contributed by atoms with Crippen molar-refractivity contribution in [3.8, 4) is 0 Å². The van der Waals surface area contributed by atoms with Crippen LogP contribution in [0.1, 0.15) is 25.2 Å². The Morgan fingerprint density at radius 1 is 1.58 bits per heavy atom. The number of aryl methyl sites for hydroxylation is 1. The van der Waals surface area contributed by atoms with E-state index in [0.29, 0.717) is 0 Å². The van der Waals surface area contributed by atoms with Gasteiger partial charge < -0.3 is 4.74 Å². The van der Waals surface area contributed by atoms with E-state index in [4.69, 9.17) is 4.74 Å². The van der Waals surface area contributed by atoms with Crippen LogP contribution in [0.5, 0.6) is 0 Å². The van der Waals surface area contributed by atoms with Gasteiger partial charge in [0.25, 0.3) is 0 Å². The molecule has 1 aromatic heterocycles. The fourth-order valence-corrected chi connectivity index (χ4v) is 1.66. The third-order valence-electron chi connectivity index (χ3n) is 2.28. The molecule has 1 aromatic rings. The number of hydrogen-bond donors (Lipinski definition) is 0. The van der Waals surface area contributed by atoms with Crippen LogP contribution in [0, 0.1) is 6.92 Å². The molecular weight excluding hydrogens is 152 g/mol. The molecule has 0 fully saturated rings. The number of hydrogen-bond acceptors (Lipinski definition) is 2. The van der Waals surface area contributed by atoms with Gasteiger partial charge in [0.05, 0.1) is 24.5 Å². The van der Waals surface area contributed by atoms with Crippen molar-refractivity contribution < 1.29 is 4.74 Å². The molecule has 0 amide bonds. The highest BCUT2D eigenvalue weighted by Gasteiger charge is 2.29. The van der Waals surface area contributed by atoms with Crippen molar-refractivity contribution in [2.24, 2.45) is 0 Å². The van der Waals surface area contributed by atoms with E-state index in [9.17, 15) is 0 Å². The Balaban J connectivity index is 2.51. The third kappa shape index (κ3) is 1.05. The van der Waals surface area contributed by atoms with Gasteiger partial charge in [-0.15, -0.1) is 0 Å². The lowest BCUT2D eigenvalue weighted by molar-refractivity contribution is -0.0532. The standard InChI is InChI=1S/C9H14N2O/c1-7-6-8-9(2,3)12-5-4-11(8)10-7/h6H,4-5H2,1-3H3. The molecule has 2 heterocycles. The second kappa shape index (κ2) is 2.33. The number of ether oxygens (including phenoxy) is 1. The highest BCUT2D eigenvalue weighted by atomic mass is 16.5. The van der Waals surface area contributed by atoms with Crippen LogP contribution < -0.4 is 0 Å². The average Bonchev–Trinajstić information content (AvgIpc) is 2.30. The van der Waals surface area contributed by atoms with Gasteiger partial charge in [-0.2, -0.15) is 5.10 Å². The lowest BCUT2D eigenvalue weighted by atomic mass is 10.0. The second-order valence-corrected chi connectivity index (χ2v) is 3.75. The molecule has 0 spiro atoms. The Morgan fingerprint density at radius 3 is 3.00 bits per heavy atom. The van der Waals surface area contributed by atoms with Gasteiger partial charge in [0.2, 0.25) is 0 Å². The van der Waals surface area contributed by atoms with E-state index >= 15 is 0 Å². The van der Waals surface area contributed by atoms with E-state index in [1.165, 1.54) is 5.69 Å². The molecule has 66 valence electrons. The molecule has 0 saturated carbocycles. The summed E-state index contributed by atoms with van der Waals surface area (Å²) in [6.45, 7) is 7.83. The van der Waals surface area contributed by atoms with E-state index in [1.807, 2.05) is 11.6 Å². The predicted octanol–water partition coefficient (Wildman–Crippen LogP) is 1.46. The molecule has 1 aliphatic heterocycles. The highest BCUT2D eigenvalue weighted by molar-refractivity contribution is 5.16. The first-order valence-corrected chi connectivity index (χ1v) is 4.28. The zero-order valence-corrected chi connectivity index (χ0v) is 7.79. The van der Waals surface area contributed by atoms with Crippen molar-refractivity contribution in [1.29, 1.82) is 0 Å². The molecule has 2 rings (SSSR count). The van der Waals surface area contributed by atoms with Gasteiger partial charge in [-0.1, -0.05) is 0 Å². The first-order chi connectivity index (χ1) is 5.59. The molecule has 0 saturated heterocycles. The maximum Gasteiger partial charge on any atom is 0.104 e. The molecule has 1 aliphatic rings. The van der Waals surface area contributed by atoms with Crippen molar-refractivity contribution in [3.05, 3.63) is 17.5 Å². The minimum absolute atomic E-state index is 0.167. The summed E-state index contributed by atoms with van der Waals surface area (Å²) in [5, 5.41) is 4.38. The number of rotatable bonds is 0. The van der Waals surface area contributed by atoms with Crippen LogP contribution in [0.4, 0.5) is 0 Å². The largest absolute Gasteiger partial charge is 0.367 e. The van der Waals surface area contributed by atoms with Gasteiger partial charge in [0, 0.05) is 0 Å². The van der Waals surface area contributed by atoms with Crippen LogP contribution >= 0.6 is 0 Å². The smallest absolute Gasteiger partial charge is 0.104 e. The summed E-state index contributed by atoms with van der Waals surface area (Å²) < 4.78 is 7.68.